The predicted molar refractivity (Wildman–Crippen MR) is 113 cm³/mol. The molecule has 3 aliphatic rings. The normalized spacial score (nSPS) is 21.8. The average molecular weight is 467 g/mol. The largest absolute Gasteiger partial charge is 0.504 e. The highest BCUT2D eigenvalue weighted by molar-refractivity contribution is 8.00. The van der Waals surface area contributed by atoms with Crippen molar-refractivity contribution in [3.8, 4) is 11.5 Å². The van der Waals surface area contributed by atoms with Gasteiger partial charge in [-0.25, -0.2) is 9.18 Å². The van der Waals surface area contributed by atoms with Gasteiger partial charge in [0.1, 0.15) is 12.2 Å². The molecule has 2 amide bonds. The predicted octanol–water partition coefficient (Wildman–Crippen LogP) is 1.22. The molecule has 0 unspecified atom stereocenters. The lowest BCUT2D eigenvalue weighted by atomic mass is 10.1. The standard InChI is InChI=1S/C21H24FN3O6S/c22-14-7-12(8-15(26)19(14)28)20(29)23-3-6-25(4-1-2-5-25)10-13-11-32-17-9-16(27)24(17)18(13)21(30)31/h7-8,17H,1-6,9-11H2,(H3-,23,26,28,29,30,31)/p+1/t17-/m1/s1. The van der Waals surface area contributed by atoms with Crippen LogP contribution >= 0.6 is 11.8 Å². The third-order valence-corrected chi connectivity index (χ3v) is 7.63. The summed E-state index contributed by atoms with van der Waals surface area (Å²) in [5.41, 5.74) is 0.742. The summed E-state index contributed by atoms with van der Waals surface area (Å²) < 4.78 is 14.2. The van der Waals surface area contributed by atoms with E-state index in [4.69, 9.17) is 0 Å². The van der Waals surface area contributed by atoms with Crippen LogP contribution in [0.25, 0.3) is 0 Å². The summed E-state index contributed by atoms with van der Waals surface area (Å²) in [7, 11) is 0. The highest BCUT2D eigenvalue weighted by Gasteiger charge is 2.47. The quantitative estimate of drug-likeness (QED) is 0.270. The number of aliphatic carboxylic acids is 1. The molecule has 0 aromatic heterocycles. The van der Waals surface area contributed by atoms with Gasteiger partial charge < -0.3 is 25.1 Å². The number of halogens is 1. The first kappa shape index (κ1) is 22.4. The number of fused-ring (bicyclic) bond motifs is 1. The van der Waals surface area contributed by atoms with Crippen LogP contribution in [0.2, 0.25) is 0 Å². The maximum absolute atomic E-state index is 13.6. The summed E-state index contributed by atoms with van der Waals surface area (Å²) >= 11 is 1.58. The topological polar surface area (TPSA) is 127 Å². The Kier molecular flexibility index (Phi) is 6.04. The molecular formula is C21H25FN3O6S+. The van der Waals surface area contributed by atoms with Gasteiger partial charge in [-0.2, -0.15) is 0 Å². The Morgan fingerprint density at radius 1 is 1.25 bits per heavy atom. The third-order valence-electron chi connectivity index (χ3n) is 6.35. The molecule has 1 aromatic carbocycles. The van der Waals surface area contributed by atoms with Gasteiger partial charge in [-0.3, -0.25) is 14.5 Å². The number of nitrogens with one attached hydrogen (secondary N) is 1. The van der Waals surface area contributed by atoms with E-state index in [0.717, 1.165) is 43.6 Å². The smallest absolute Gasteiger partial charge is 0.352 e. The van der Waals surface area contributed by atoms with E-state index in [1.807, 2.05) is 0 Å². The zero-order chi connectivity index (χ0) is 23.0. The van der Waals surface area contributed by atoms with Gasteiger partial charge in [0.05, 0.1) is 38.0 Å². The SMILES string of the molecule is O=C(O)C1=C(C[N+]2(CCNC(=O)c3cc(O)c(O)c(F)c3)CCCC2)CS[C@@H]2CC(=O)N12. The van der Waals surface area contributed by atoms with Crippen LogP contribution in [0.15, 0.2) is 23.4 Å². The van der Waals surface area contributed by atoms with Crippen molar-refractivity contribution in [2.24, 2.45) is 0 Å². The van der Waals surface area contributed by atoms with Crippen LogP contribution in [0.1, 0.15) is 29.6 Å². The van der Waals surface area contributed by atoms with Crippen molar-refractivity contribution in [3.63, 3.8) is 0 Å². The first-order valence-electron chi connectivity index (χ1n) is 10.4. The van der Waals surface area contributed by atoms with Crippen LogP contribution in [0.4, 0.5) is 4.39 Å². The number of carboxylic acid groups (broad SMARTS) is 1. The second kappa shape index (κ2) is 8.62. The van der Waals surface area contributed by atoms with Crippen molar-refractivity contribution in [1.82, 2.24) is 10.2 Å². The highest BCUT2D eigenvalue weighted by Crippen LogP contribution is 2.41. The van der Waals surface area contributed by atoms with Crippen LogP contribution in [0.3, 0.4) is 0 Å². The molecule has 0 radical (unpaired) electrons. The molecule has 172 valence electrons. The van der Waals surface area contributed by atoms with E-state index in [1.54, 1.807) is 11.8 Å². The second-order valence-corrected chi connectivity index (χ2v) is 9.62. The Labute approximate surface area is 188 Å². The first-order chi connectivity index (χ1) is 15.2. The van der Waals surface area contributed by atoms with E-state index in [-0.39, 0.29) is 29.1 Å². The Hall–Kier alpha value is -2.79. The number of β-lactam (4-membered cyclic amide) rings is 1. The number of carbonyl (C=O) groups is 3. The number of rotatable bonds is 7. The molecule has 1 atom stereocenters. The van der Waals surface area contributed by atoms with Gasteiger partial charge in [0.15, 0.2) is 17.3 Å². The summed E-state index contributed by atoms with van der Waals surface area (Å²) in [6, 6.07) is 1.85. The fourth-order valence-electron chi connectivity index (χ4n) is 4.70. The lowest BCUT2D eigenvalue weighted by molar-refractivity contribution is -0.911. The van der Waals surface area contributed by atoms with Gasteiger partial charge >= 0.3 is 5.97 Å². The number of quaternary nitrogens is 1. The van der Waals surface area contributed by atoms with Gasteiger partial charge in [-0.05, 0) is 12.1 Å². The van der Waals surface area contributed by atoms with Crippen molar-refractivity contribution >= 4 is 29.5 Å². The van der Waals surface area contributed by atoms with Crippen LogP contribution in [-0.4, -0.2) is 86.3 Å². The molecule has 0 spiro atoms. The maximum Gasteiger partial charge on any atom is 0.352 e. The zero-order valence-corrected chi connectivity index (χ0v) is 18.2. The number of phenols is 2. The van der Waals surface area contributed by atoms with Crippen LogP contribution in [0.5, 0.6) is 11.5 Å². The van der Waals surface area contributed by atoms with Gasteiger partial charge in [0.2, 0.25) is 5.91 Å². The molecule has 3 aliphatic heterocycles. The van der Waals surface area contributed by atoms with E-state index >= 15 is 0 Å². The minimum Gasteiger partial charge on any atom is -0.504 e. The van der Waals surface area contributed by atoms with Crippen molar-refractivity contribution < 1.29 is 38.6 Å². The maximum atomic E-state index is 13.6. The molecule has 4 rings (SSSR count). The number of aromatic hydroxyl groups is 2. The number of carbonyl (C=O) groups excluding carboxylic acids is 2. The fraction of sp³-hybridized carbons (Fsp3) is 0.476. The number of amides is 2. The highest BCUT2D eigenvalue weighted by atomic mass is 32.2. The number of likely N-dealkylation sites (tertiary alicyclic amines) is 1. The molecule has 9 nitrogen and oxygen atoms in total. The summed E-state index contributed by atoms with van der Waals surface area (Å²) in [6.07, 6.45) is 2.34. The van der Waals surface area contributed by atoms with Crippen molar-refractivity contribution in [2.45, 2.75) is 24.6 Å². The number of hydrogen-bond acceptors (Lipinski definition) is 6. The summed E-state index contributed by atoms with van der Waals surface area (Å²) in [4.78, 5) is 37.7. The Morgan fingerprint density at radius 2 is 1.97 bits per heavy atom. The van der Waals surface area contributed by atoms with E-state index in [1.165, 1.54) is 4.90 Å². The number of phenolic OH excluding ortho intramolecular Hbond substituents is 2. The molecule has 3 heterocycles. The Morgan fingerprint density at radius 3 is 2.59 bits per heavy atom. The molecule has 11 heteroatoms. The molecule has 0 bridgehead atoms. The van der Waals surface area contributed by atoms with Crippen molar-refractivity contribution in [3.05, 3.63) is 34.8 Å². The molecule has 1 aromatic rings. The van der Waals surface area contributed by atoms with E-state index in [0.29, 0.717) is 29.7 Å². The number of thioether (sulfide) groups is 1. The molecule has 4 N–H and O–H groups in total. The summed E-state index contributed by atoms with van der Waals surface area (Å²) in [6.45, 7) is 2.99. The monoisotopic (exact) mass is 466 g/mol. The van der Waals surface area contributed by atoms with Gasteiger partial charge in [-0.15, -0.1) is 11.8 Å². The van der Waals surface area contributed by atoms with Gasteiger partial charge in [-0.1, -0.05) is 0 Å². The summed E-state index contributed by atoms with van der Waals surface area (Å²) in [5, 5.41) is 31.2. The minimum atomic E-state index is -1.09. The molecule has 2 fully saturated rings. The van der Waals surface area contributed by atoms with Gasteiger partial charge in [0.25, 0.3) is 5.91 Å². The van der Waals surface area contributed by atoms with Gasteiger partial charge in [0, 0.05) is 29.7 Å². The molecule has 2 saturated heterocycles. The average Bonchev–Trinajstić information content (AvgIpc) is 3.19. The molecule has 0 aliphatic carbocycles. The minimum absolute atomic E-state index is 0.0919. The number of benzene rings is 1. The van der Waals surface area contributed by atoms with Crippen LogP contribution in [-0.2, 0) is 9.59 Å². The van der Waals surface area contributed by atoms with Crippen LogP contribution < -0.4 is 5.32 Å². The number of carboxylic acids is 1. The van der Waals surface area contributed by atoms with E-state index in [9.17, 15) is 34.1 Å². The molecule has 0 saturated carbocycles. The lowest BCUT2D eigenvalue weighted by Crippen LogP contribution is -2.56. The Balaban J connectivity index is 1.45. The van der Waals surface area contributed by atoms with E-state index < -0.39 is 29.2 Å². The molecule has 32 heavy (non-hydrogen) atoms. The van der Waals surface area contributed by atoms with Crippen LogP contribution in [0, 0.1) is 5.82 Å². The zero-order valence-electron chi connectivity index (χ0n) is 17.3. The lowest BCUT2D eigenvalue weighted by Gasteiger charge is -2.45. The van der Waals surface area contributed by atoms with Crippen molar-refractivity contribution in [1.29, 1.82) is 0 Å². The molecular weight excluding hydrogens is 441 g/mol. The second-order valence-electron chi connectivity index (χ2n) is 8.45. The fourth-order valence-corrected chi connectivity index (χ4v) is 5.95. The first-order valence-corrected chi connectivity index (χ1v) is 11.5. The van der Waals surface area contributed by atoms with Crippen molar-refractivity contribution in [2.75, 3.05) is 38.5 Å². The third kappa shape index (κ3) is 4.14. The number of nitrogens with zero attached hydrogens (tertiary/aromatic N) is 2. The number of hydrogen-bond donors (Lipinski definition) is 4. The van der Waals surface area contributed by atoms with E-state index in [2.05, 4.69) is 5.32 Å². The summed E-state index contributed by atoms with van der Waals surface area (Å²) in [5.74, 6) is -3.96. The Bertz CT molecular complexity index is 984.